The smallest absolute Gasteiger partial charge is 0.339 e. The standard InChI is InChI=1S/C24H25N3O4/c1-15(23(28)26-20-10-6-7-11-21(20)30-3)31-24(29)22-16-8-4-5-9-18(16)25-19-12-13-27(2)14-17(19)22/h4-11,15H,12-14H2,1-3H3,(H,26,28). The van der Waals surface area contributed by atoms with Gasteiger partial charge in [0.05, 0.1) is 23.9 Å². The molecule has 1 N–H and O–H groups in total. The normalized spacial score (nSPS) is 14.5. The minimum absolute atomic E-state index is 0.429. The molecule has 0 saturated carbocycles. The third kappa shape index (κ3) is 4.22. The minimum Gasteiger partial charge on any atom is -0.495 e. The van der Waals surface area contributed by atoms with Crippen LogP contribution in [0.1, 0.15) is 28.5 Å². The van der Waals surface area contributed by atoms with Crippen LogP contribution in [0, 0.1) is 0 Å². The van der Waals surface area contributed by atoms with Gasteiger partial charge in [0.25, 0.3) is 5.91 Å². The van der Waals surface area contributed by atoms with E-state index in [0.29, 0.717) is 23.5 Å². The van der Waals surface area contributed by atoms with Crippen LogP contribution in [0.15, 0.2) is 48.5 Å². The quantitative estimate of drug-likeness (QED) is 0.639. The van der Waals surface area contributed by atoms with E-state index >= 15 is 0 Å². The van der Waals surface area contributed by atoms with Crippen molar-refractivity contribution in [2.45, 2.75) is 26.0 Å². The average molecular weight is 419 g/mol. The molecule has 4 rings (SSSR count). The molecular formula is C24H25N3O4. The number of anilines is 1. The molecule has 1 atom stereocenters. The zero-order chi connectivity index (χ0) is 22.0. The third-order valence-corrected chi connectivity index (χ3v) is 5.46. The van der Waals surface area contributed by atoms with Gasteiger partial charge in [0.2, 0.25) is 0 Å². The molecule has 7 nitrogen and oxygen atoms in total. The second kappa shape index (κ2) is 8.73. The van der Waals surface area contributed by atoms with Gasteiger partial charge in [0.1, 0.15) is 5.75 Å². The van der Waals surface area contributed by atoms with E-state index in [1.54, 1.807) is 25.1 Å². The first-order valence-corrected chi connectivity index (χ1v) is 10.2. The molecule has 0 bridgehead atoms. The number of fused-ring (bicyclic) bond motifs is 2. The number of methoxy groups -OCH3 is 1. The van der Waals surface area contributed by atoms with E-state index in [1.807, 2.05) is 37.4 Å². The largest absolute Gasteiger partial charge is 0.495 e. The summed E-state index contributed by atoms with van der Waals surface area (Å²) >= 11 is 0. The number of hydrogen-bond donors (Lipinski definition) is 1. The fourth-order valence-corrected chi connectivity index (χ4v) is 3.81. The van der Waals surface area contributed by atoms with Crippen molar-refractivity contribution in [1.82, 2.24) is 9.88 Å². The fourth-order valence-electron chi connectivity index (χ4n) is 3.81. The van der Waals surface area contributed by atoms with Gasteiger partial charge in [0.15, 0.2) is 6.10 Å². The predicted octanol–water partition coefficient (Wildman–Crippen LogP) is 3.42. The first-order chi connectivity index (χ1) is 15.0. The molecule has 31 heavy (non-hydrogen) atoms. The number of aromatic nitrogens is 1. The van der Waals surface area contributed by atoms with Crippen LogP contribution in [-0.2, 0) is 22.5 Å². The van der Waals surface area contributed by atoms with E-state index in [0.717, 1.165) is 35.1 Å². The molecule has 1 unspecified atom stereocenters. The Balaban J connectivity index is 1.61. The summed E-state index contributed by atoms with van der Waals surface area (Å²) in [6, 6.07) is 14.6. The van der Waals surface area contributed by atoms with Crippen LogP contribution in [0.3, 0.4) is 0 Å². The highest BCUT2D eigenvalue weighted by atomic mass is 16.5. The van der Waals surface area contributed by atoms with Crippen molar-refractivity contribution in [3.63, 3.8) is 0 Å². The lowest BCUT2D eigenvalue weighted by Crippen LogP contribution is -2.32. The Morgan fingerprint density at radius 3 is 2.68 bits per heavy atom. The summed E-state index contributed by atoms with van der Waals surface area (Å²) in [7, 11) is 3.54. The van der Waals surface area contributed by atoms with Gasteiger partial charge >= 0.3 is 5.97 Å². The van der Waals surface area contributed by atoms with Crippen LogP contribution in [0.4, 0.5) is 5.69 Å². The van der Waals surface area contributed by atoms with Crippen molar-refractivity contribution in [2.24, 2.45) is 0 Å². The molecule has 2 heterocycles. The van der Waals surface area contributed by atoms with Gasteiger partial charge in [-0.05, 0) is 32.2 Å². The van der Waals surface area contributed by atoms with Crippen LogP contribution >= 0.6 is 0 Å². The van der Waals surface area contributed by atoms with Crippen LogP contribution in [0.2, 0.25) is 0 Å². The Hall–Kier alpha value is -3.45. The molecule has 3 aromatic rings. The number of amides is 1. The maximum absolute atomic E-state index is 13.3. The molecule has 1 aliphatic rings. The minimum atomic E-state index is -0.985. The van der Waals surface area contributed by atoms with Crippen molar-refractivity contribution in [2.75, 3.05) is 26.0 Å². The highest BCUT2D eigenvalue weighted by Crippen LogP contribution is 2.29. The Kier molecular flexibility index (Phi) is 5.86. The lowest BCUT2D eigenvalue weighted by atomic mass is 9.96. The van der Waals surface area contributed by atoms with Gasteiger partial charge in [-0.3, -0.25) is 9.78 Å². The average Bonchev–Trinajstić information content (AvgIpc) is 2.77. The first-order valence-electron chi connectivity index (χ1n) is 10.2. The number of likely N-dealkylation sites (N-methyl/N-ethyl adjacent to an activating group) is 1. The number of nitrogens with zero attached hydrogens (tertiary/aromatic N) is 2. The Morgan fingerprint density at radius 1 is 1.13 bits per heavy atom. The van der Waals surface area contributed by atoms with Gasteiger partial charge < -0.3 is 19.7 Å². The van der Waals surface area contributed by atoms with Crippen molar-refractivity contribution in [1.29, 1.82) is 0 Å². The Morgan fingerprint density at radius 2 is 1.87 bits per heavy atom. The second-order valence-electron chi connectivity index (χ2n) is 7.65. The molecular weight excluding hydrogens is 394 g/mol. The summed E-state index contributed by atoms with van der Waals surface area (Å²) in [5, 5.41) is 3.50. The summed E-state index contributed by atoms with van der Waals surface area (Å²) in [6.07, 6.45) is -0.220. The van der Waals surface area contributed by atoms with Crippen LogP contribution in [0.5, 0.6) is 5.75 Å². The van der Waals surface area contributed by atoms with E-state index in [2.05, 4.69) is 10.2 Å². The van der Waals surface area contributed by atoms with Crippen LogP contribution in [0.25, 0.3) is 10.9 Å². The molecule has 160 valence electrons. The second-order valence-corrected chi connectivity index (χ2v) is 7.65. The molecule has 1 aromatic heterocycles. The maximum atomic E-state index is 13.3. The van der Waals surface area contributed by atoms with Crippen LogP contribution in [-0.4, -0.2) is 48.6 Å². The number of rotatable bonds is 5. The predicted molar refractivity (Wildman–Crippen MR) is 118 cm³/mol. The first kappa shape index (κ1) is 20.8. The molecule has 1 amide bonds. The number of carbonyl (C=O) groups excluding carboxylic acids is 2. The molecule has 0 saturated heterocycles. The Labute approximate surface area is 181 Å². The van der Waals surface area contributed by atoms with E-state index < -0.39 is 18.0 Å². The number of pyridine rings is 1. The molecule has 0 fully saturated rings. The van der Waals surface area contributed by atoms with E-state index in [-0.39, 0.29) is 0 Å². The third-order valence-electron chi connectivity index (χ3n) is 5.46. The van der Waals surface area contributed by atoms with Gasteiger partial charge in [-0.25, -0.2) is 4.79 Å². The van der Waals surface area contributed by atoms with Gasteiger partial charge in [0, 0.05) is 36.2 Å². The van der Waals surface area contributed by atoms with Crippen LogP contribution < -0.4 is 10.1 Å². The van der Waals surface area contributed by atoms with Gasteiger partial charge in [-0.2, -0.15) is 0 Å². The zero-order valence-electron chi connectivity index (χ0n) is 17.8. The number of ether oxygens (including phenoxy) is 2. The zero-order valence-corrected chi connectivity index (χ0v) is 17.8. The summed E-state index contributed by atoms with van der Waals surface area (Å²) in [6.45, 7) is 3.05. The summed E-state index contributed by atoms with van der Waals surface area (Å²) in [5.74, 6) is -0.415. The molecule has 0 radical (unpaired) electrons. The van der Waals surface area contributed by atoms with Gasteiger partial charge in [-0.15, -0.1) is 0 Å². The maximum Gasteiger partial charge on any atom is 0.339 e. The molecule has 0 spiro atoms. The number of nitrogens with one attached hydrogen (secondary N) is 1. The number of benzene rings is 2. The number of hydrogen-bond acceptors (Lipinski definition) is 6. The summed E-state index contributed by atoms with van der Waals surface area (Å²) in [5.41, 5.74) is 3.55. The number of carbonyl (C=O) groups is 2. The lowest BCUT2D eigenvalue weighted by Gasteiger charge is -2.27. The highest BCUT2D eigenvalue weighted by molar-refractivity contribution is 6.06. The van der Waals surface area contributed by atoms with Gasteiger partial charge in [-0.1, -0.05) is 30.3 Å². The summed E-state index contributed by atoms with van der Waals surface area (Å²) in [4.78, 5) is 32.8. The molecule has 1 aliphatic heterocycles. The molecule has 0 aliphatic carbocycles. The number of para-hydroxylation sites is 3. The SMILES string of the molecule is COc1ccccc1NC(=O)C(C)OC(=O)c1c2c(nc3ccccc13)CCN(C)C2. The fraction of sp³-hybridized carbons (Fsp3) is 0.292. The molecule has 7 heteroatoms. The van der Waals surface area contributed by atoms with Crippen molar-refractivity contribution in [3.8, 4) is 5.75 Å². The number of esters is 1. The topological polar surface area (TPSA) is 80.8 Å². The van der Waals surface area contributed by atoms with Crippen molar-refractivity contribution >= 4 is 28.5 Å². The Bertz CT molecular complexity index is 1140. The monoisotopic (exact) mass is 419 g/mol. The molecule has 2 aromatic carbocycles. The lowest BCUT2D eigenvalue weighted by molar-refractivity contribution is -0.123. The van der Waals surface area contributed by atoms with E-state index in [1.165, 1.54) is 7.11 Å². The summed E-state index contributed by atoms with van der Waals surface area (Å²) < 4.78 is 10.9. The van der Waals surface area contributed by atoms with Crippen molar-refractivity contribution in [3.05, 3.63) is 65.4 Å². The van der Waals surface area contributed by atoms with E-state index in [9.17, 15) is 9.59 Å². The highest BCUT2D eigenvalue weighted by Gasteiger charge is 2.28. The van der Waals surface area contributed by atoms with E-state index in [4.69, 9.17) is 14.5 Å². The van der Waals surface area contributed by atoms with Crippen molar-refractivity contribution < 1.29 is 19.1 Å².